The number of ether oxygens (including phenoxy) is 2. The monoisotopic (exact) mass is 170 g/mol. The third-order valence-electron chi connectivity index (χ3n) is 1.81. The van der Waals surface area contributed by atoms with E-state index in [0.717, 1.165) is 13.0 Å². The van der Waals surface area contributed by atoms with E-state index in [9.17, 15) is 0 Å². The molecule has 1 fully saturated rings. The molecule has 1 aliphatic heterocycles. The fourth-order valence-electron chi connectivity index (χ4n) is 1.25. The Kier molecular flexibility index (Phi) is 2.91. The van der Waals surface area contributed by atoms with E-state index in [-0.39, 0.29) is 11.9 Å². The summed E-state index contributed by atoms with van der Waals surface area (Å²) in [5.41, 5.74) is -0.110. The Balaban J connectivity index is 2.33. The molecule has 0 aromatic heterocycles. The highest BCUT2D eigenvalue weighted by molar-refractivity contribution is 4.83. The highest BCUT2D eigenvalue weighted by Gasteiger charge is 2.27. The van der Waals surface area contributed by atoms with E-state index in [0.29, 0.717) is 5.92 Å². The predicted octanol–water partition coefficient (Wildman–Crippen LogP) is 2.35. The van der Waals surface area contributed by atoms with E-state index in [2.05, 4.69) is 6.58 Å². The summed E-state index contributed by atoms with van der Waals surface area (Å²) >= 11 is 0. The van der Waals surface area contributed by atoms with E-state index in [1.165, 1.54) is 0 Å². The normalized spacial score (nSPS) is 30.6. The first-order valence-corrected chi connectivity index (χ1v) is 4.43. The van der Waals surface area contributed by atoms with Crippen LogP contribution in [0.3, 0.4) is 0 Å². The molecule has 0 aliphatic carbocycles. The van der Waals surface area contributed by atoms with Gasteiger partial charge in [-0.25, -0.2) is 0 Å². The van der Waals surface area contributed by atoms with E-state index in [4.69, 9.17) is 9.47 Å². The molecule has 0 N–H and O–H groups in total. The molecule has 2 atom stereocenters. The smallest absolute Gasteiger partial charge is 0.158 e. The minimum absolute atomic E-state index is 0.0343. The lowest BCUT2D eigenvalue weighted by Crippen LogP contribution is -2.26. The van der Waals surface area contributed by atoms with Gasteiger partial charge in [-0.1, -0.05) is 6.08 Å². The van der Waals surface area contributed by atoms with Crippen molar-refractivity contribution in [2.45, 2.75) is 39.1 Å². The molecule has 0 aromatic carbocycles. The Morgan fingerprint density at radius 2 is 2.17 bits per heavy atom. The highest BCUT2D eigenvalue weighted by atomic mass is 16.7. The van der Waals surface area contributed by atoms with Crippen LogP contribution < -0.4 is 0 Å². The summed E-state index contributed by atoms with van der Waals surface area (Å²) in [7, 11) is 0. The highest BCUT2D eigenvalue weighted by Crippen LogP contribution is 2.24. The van der Waals surface area contributed by atoms with Crippen molar-refractivity contribution in [1.29, 1.82) is 0 Å². The molecule has 0 spiro atoms. The zero-order valence-electron chi connectivity index (χ0n) is 8.17. The maximum atomic E-state index is 5.66. The molecule has 0 bridgehead atoms. The van der Waals surface area contributed by atoms with Crippen LogP contribution in [0.15, 0.2) is 12.7 Å². The van der Waals surface area contributed by atoms with Crippen molar-refractivity contribution in [3.63, 3.8) is 0 Å². The molecule has 1 saturated heterocycles. The van der Waals surface area contributed by atoms with Gasteiger partial charge in [0.05, 0.1) is 12.2 Å². The number of hydrogen-bond acceptors (Lipinski definition) is 2. The first-order valence-electron chi connectivity index (χ1n) is 4.43. The fourth-order valence-corrected chi connectivity index (χ4v) is 1.25. The lowest BCUT2D eigenvalue weighted by atomic mass is 10.1. The average Bonchev–Trinajstić information content (AvgIpc) is 2.32. The average molecular weight is 170 g/mol. The third kappa shape index (κ3) is 2.95. The van der Waals surface area contributed by atoms with Crippen molar-refractivity contribution in [3.05, 3.63) is 12.7 Å². The zero-order chi connectivity index (χ0) is 9.19. The van der Waals surface area contributed by atoms with Gasteiger partial charge >= 0.3 is 0 Å². The van der Waals surface area contributed by atoms with Gasteiger partial charge in [-0.15, -0.1) is 6.58 Å². The molecule has 1 aliphatic rings. The molecule has 1 rings (SSSR count). The van der Waals surface area contributed by atoms with Crippen LogP contribution in [0.1, 0.15) is 27.2 Å². The minimum Gasteiger partial charge on any atom is -0.352 e. The molecule has 0 amide bonds. The van der Waals surface area contributed by atoms with E-state index in [1.54, 1.807) is 0 Å². The Morgan fingerprint density at radius 3 is 2.58 bits per heavy atom. The summed E-state index contributed by atoms with van der Waals surface area (Å²) in [6, 6.07) is 0. The van der Waals surface area contributed by atoms with Crippen molar-refractivity contribution in [1.82, 2.24) is 0 Å². The SMILES string of the molecule is C=C[C@H]1CO[C@@H](OC(C)(C)C)C1. The van der Waals surface area contributed by atoms with Gasteiger partial charge in [-0.3, -0.25) is 0 Å². The maximum Gasteiger partial charge on any atom is 0.158 e. The van der Waals surface area contributed by atoms with Crippen LogP contribution in [0.4, 0.5) is 0 Å². The minimum atomic E-state index is -0.110. The quantitative estimate of drug-likeness (QED) is 0.592. The Morgan fingerprint density at radius 1 is 1.50 bits per heavy atom. The Hall–Kier alpha value is -0.340. The van der Waals surface area contributed by atoms with Gasteiger partial charge in [0, 0.05) is 12.3 Å². The van der Waals surface area contributed by atoms with Gasteiger partial charge in [0.1, 0.15) is 0 Å². The molecule has 0 saturated carbocycles. The van der Waals surface area contributed by atoms with Crippen LogP contribution in [0.5, 0.6) is 0 Å². The van der Waals surface area contributed by atoms with E-state index in [1.807, 2.05) is 26.8 Å². The summed E-state index contributed by atoms with van der Waals surface area (Å²) in [6.07, 6.45) is 2.85. The summed E-state index contributed by atoms with van der Waals surface area (Å²) in [5, 5.41) is 0. The molecule has 0 radical (unpaired) electrons. The molecule has 0 aromatic rings. The molecule has 12 heavy (non-hydrogen) atoms. The molecule has 0 unspecified atom stereocenters. The van der Waals surface area contributed by atoms with Gasteiger partial charge in [-0.05, 0) is 20.8 Å². The Labute approximate surface area is 74.6 Å². The molecule has 70 valence electrons. The predicted molar refractivity (Wildman–Crippen MR) is 48.9 cm³/mol. The molecule has 2 nitrogen and oxygen atoms in total. The second kappa shape index (κ2) is 3.58. The lowest BCUT2D eigenvalue weighted by molar-refractivity contribution is -0.171. The van der Waals surface area contributed by atoms with Crippen LogP contribution >= 0.6 is 0 Å². The second-order valence-corrected chi connectivity index (χ2v) is 4.22. The first kappa shape index (κ1) is 9.75. The molecule has 1 heterocycles. The van der Waals surface area contributed by atoms with Crippen LogP contribution in [0.25, 0.3) is 0 Å². The molecule has 2 heteroatoms. The van der Waals surface area contributed by atoms with E-state index >= 15 is 0 Å². The van der Waals surface area contributed by atoms with Crippen LogP contribution in [-0.2, 0) is 9.47 Å². The molecular weight excluding hydrogens is 152 g/mol. The second-order valence-electron chi connectivity index (χ2n) is 4.22. The van der Waals surface area contributed by atoms with Crippen LogP contribution in [0, 0.1) is 5.92 Å². The van der Waals surface area contributed by atoms with Crippen LogP contribution in [-0.4, -0.2) is 18.5 Å². The summed E-state index contributed by atoms with van der Waals surface area (Å²) in [6.45, 7) is 10.6. The van der Waals surface area contributed by atoms with Gasteiger partial charge in [0.25, 0.3) is 0 Å². The van der Waals surface area contributed by atoms with Gasteiger partial charge in [0.15, 0.2) is 6.29 Å². The summed E-state index contributed by atoms with van der Waals surface area (Å²) in [5.74, 6) is 0.470. The lowest BCUT2D eigenvalue weighted by Gasteiger charge is -2.23. The van der Waals surface area contributed by atoms with Crippen molar-refractivity contribution in [3.8, 4) is 0 Å². The summed E-state index contributed by atoms with van der Waals surface area (Å²) < 4.78 is 11.1. The zero-order valence-corrected chi connectivity index (χ0v) is 8.17. The van der Waals surface area contributed by atoms with E-state index < -0.39 is 0 Å². The topological polar surface area (TPSA) is 18.5 Å². The fraction of sp³-hybridized carbons (Fsp3) is 0.800. The number of rotatable bonds is 2. The van der Waals surface area contributed by atoms with Crippen molar-refractivity contribution in [2.75, 3.05) is 6.61 Å². The molecular formula is C10H18O2. The maximum absolute atomic E-state index is 5.66. The standard InChI is InChI=1S/C10H18O2/c1-5-8-6-9(11-7-8)12-10(2,3)4/h5,8-9H,1,6-7H2,2-4H3/t8-,9+/m1/s1. The van der Waals surface area contributed by atoms with Crippen LogP contribution in [0.2, 0.25) is 0 Å². The van der Waals surface area contributed by atoms with Gasteiger partial charge in [-0.2, -0.15) is 0 Å². The third-order valence-corrected chi connectivity index (χ3v) is 1.81. The van der Waals surface area contributed by atoms with Gasteiger partial charge < -0.3 is 9.47 Å². The largest absolute Gasteiger partial charge is 0.352 e. The summed E-state index contributed by atoms with van der Waals surface area (Å²) in [4.78, 5) is 0. The van der Waals surface area contributed by atoms with Crippen molar-refractivity contribution < 1.29 is 9.47 Å². The Bertz CT molecular complexity index is 158. The van der Waals surface area contributed by atoms with Crippen molar-refractivity contribution >= 4 is 0 Å². The van der Waals surface area contributed by atoms with Gasteiger partial charge in [0.2, 0.25) is 0 Å². The number of hydrogen-bond donors (Lipinski definition) is 0. The first-order chi connectivity index (χ1) is 5.51. The van der Waals surface area contributed by atoms with Crippen molar-refractivity contribution in [2.24, 2.45) is 5.92 Å².